The molecule has 2 fully saturated rings. The lowest BCUT2D eigenvalue weighted by molar-refractivity contribution is -0.141. The van der Waals surface area contributed by atoms with Crippen molar-refractivity contribution < 1.29 is 9.90 Å². The van der Waals surface area contributed by atoms with Gasteiger partial charge in [0.25, 0.3) is 0 Å². The second-order valence-corrected chi connectivity index (χ2v) is 5.32. The number of carbonyl (C=O) groups is 1. The van der Waals surface area contributed by atoms with E-state index < -0.39 is 5.97 Å². The van der Waals surface area contributed by atoms with Crippen LogP contribution in [-0.2, 0) is 4.79 Å². The van der Waals surface area contributed by atoms with E-state index in [9.17, 15) is 4.79 Å². The van der Waals surface area contributed by atoms with Crippen molar-refractivity contribution in [3.63, 3.8) is 0 Å². The molecule has 1 aliphatic heterocycles. The van der Waals surface area contributed by atoms with Crippen molar-refractivity contribution >= 4 is 5.97 Å². The summed E-state index contributed by atoms with van der Waals surface area (Å²) in [5, 5.41) is 9.00. The fraction of sp³-hybridized carbons (Fsp3) is 0.923. The maximum absolute atomic E-state index is 10.9. The molecule has 3 nitrogen and oxygen atoms in total. The van der Waals surface area contributed by atoms with Crippen molar-refractivity contribution in [2.75, 3.05) is 13.1 Å². The lowest BCUT2D eigenvalue weighted by atomic mass is 9.96. The quantitative estimate of drug-likeness (QED) is 0.785. The maximum Gasteiger partial charge on any atom is 0.307 e. The third-order valence-electron chi connectivity index (χ3n) is 4.16. The Labute approximate surface area is 97.8 Å². The molecule has 3 heteroatoms. The van der Waals surface area contributed by atoms with Crippen molar-refractivity contribution in [2.24, 2.45) is 5.92 Å². The zero-order valence-corrected chi connectivity index (χ0v) is 10.0. The summed E-state index contributed by atoms with van der Waals surface area (Å²) >= 11 is 0. The van der Waals surface area contributed by atoms with Gasteiger partial charge in [0.1, 0.15) is 0 Å². The lowest BCUT2D eigenvalue weighted by Crippen LogP contribution is -2.34. The van der Waals surface area contributed by atoms with Crippen molar-refractivity contribution in [3.8, 4) is 0 Å². The van der Waals surface area contributed by atoms with Gasteiger partial charge in [0.05, 0.1) is 5.92 Å². The average Bonchev–Trinajstić information content (AvgIpc) is 2.66. The average molecular weight is 225 g/mol. The van der Waals surface area contributed by atoms with E-state index in [0.717, 1.165) is 19.5 Å². The highest BCUT2D eigenvalue weighted by atomic mass is 16.4. The summed E-state index contributed by atoms with van der Waals surface area (Å²) in [5.41, 5.74) is 0. The number of nitrogens with zero attached hydrogens (tertiary/aromatic N) is 1. The minimum Gasteiger partial charge on any atom is -0.481 e. The molecule has 0 aromatic heterocycles. The third kappa shape index (κ3) is 2.97. The van der Waals surface area contributed by atoms with Crippen molar-refractivity contribution in [1.29, 1.82) is 0 Å². The van der Waals surface area contributed by atoms with Gasteiger partial charge in [-0.25, -0.2) is 0 Å². The fourth-order valence-corrected chi connectivity index (χ4v) is 3.12. The van der Waals surface area contributed by atoms with Crippen molar-refractivity contribution in [3.05, 3.63) is 0 Å². The Balaban J connectivity index is 1.84. The van der Waals surface area contributed by atoms with E-state index in [-0.39, 0.29) is 5.92 Å². The monoisotopic (exact) mass is 225 g/mol. The molecule has 0 spiro atoms. The molecule has 1 saturated heterocycles. The molecule has 1 heterocycles. The molecule has 0 aromatic rings. The Morgan fingerprint density at radius 3 is 2.19 bits per heavy atom. The predicted molar refractivity (Wildman–Crippen MR) is 63.4 cm³/mol. The molecule has 1 saturated carbocycles. The van der Waals surface area contributed by atoms with Crippen LogP contribution in [0.1, 0.15) is 51.4 Å². The summed E-state index contributed by atoms with van der Waals surface area (Å²) in [6.07, 6.45) is 10.2. The number of hydrogen-bond donors (Lipinski definition) is 1. The van der Waals surface area contributed by atoms with Gasteiger partial charge >= 0.3 is 5.97 Å². The number of carboxylic acids is 1. The van der Waals surface area contributed by atoms with Crippen LogP contribution in [-0.4, -0.2) is 35.1 Å². The summed E-state index contributed by atoms with van der Waals surface area (Å²) in [5.74, 6) is -0.709. The molecular weight excluding hydrogens is 202 g/mol. The molecule has 1 aliphatic carbocycles. The number of aliphatic carboxylic acids is 1. The standard InChI is InChI=1S/C13H23NO2/c15-13(16)11-8-9-14(10-11)12-6-4-2-1-3-5-7-12/h11-12H,1-10H2,(H,15,16). The SMILES string of the molecule is O=C(O)C1CCN(C2CCCCCCC2)C1. The van der Waals surface area contributed by atoms with Crippen LogP contribution in [0.3, 0.4) is 0 Å². The van der Waals surface area contributed by atoms with Crippen LogP contribution < -0.4 is 0 Å². The maximum atomic E-state index is 10.9. The number of carboxylic acid groups (broad SMARTS) is 1. The molecule has 2 aliphatic rings. The molecule has 2 rings (SSSR count). The van der Waals surface area contributed by atoms with Gasteiger partial charge in [0.15, 0.2) is 0 Å². The number of likely N-dealkylation sites (tertiary alicyclic amines) is 1. The van der Waals surface area contributed by atoms with E-state index in [0.29, 0.717) is 6.04 Å². The molecular formula is C13H23NO2. The van der Waals surface area contributed by atoms with E-state index >= 15 is 0 Å². The van der Waals surface area contributed by atoms with E-state index in [1.807, 2.05) is 0 Å². The van der Waals surface area contributed by atoms with Crippen LogP contribution in [0.15, 0.2) is 0 Å². The van der Waals surface area contributed by atoms with Crippen LogP contribution >= 0.6 is 0 Å². The van der Waals surface area contributed by atoms with Crippen LogP contribution in [0, 0.1) is 5.92 Å². The van der Waals surface area contributed by atoms with Crippen LogP contribution in [0.4, 0.5) is 0 Å². The first-order valence-electron chi connectivity index (χ1n) is 6.74. The topological polar surface area (TPSA) is 40.5 Å². The molecule has 1 atom stereocenters. The number of hydrogen-bond acceptors (Lipinski definition) is 2. The Morgan fingerprint density at radius 1 is 1.00 bits per heavy atom. The Hall–Kier alpha value is -0.570. The van der Waals surface area contributed by atoms with Gasteiger partial charge in [-0.05, 0) is 25.8 Å². The molecule has 0 amide bonds. The van der Waals surface area contributed by atoms with Gasteiger partial charge < -0.3 is 5.11 Å². The van der Waals surface area contributed by atoms with Gasteiger partial charge in [0, 0.05) is 12.6 Å². The summed E-state index contributed by atoms with van der Waals surface area (Å²) < 4.78 is 0. The second kappa shape index (κ2) is 5.67. The van der Waals surface area contributed by atoms with Gasteiger partial charge in [-0.15, -0.1) is 0 Å². The summed E-state index contributed by atoms with van der Waals surface area (Å²) in [4.78, 5) is 13.4. The zero-order chi connectivity index (χ0) is 11.4. The van der Waals surface area contributed by atoms with Crippen molar-refractivity contribution in [2.45, 2.75) is 57.4 Å². The molecule has 1 N–H and O–H groups in total. The van der Waals surface area contributed by atoms with Gasteiger partial charge in [0.2, 0.25) is 0 Å². The fourth-order valence-electron chi connectivity index (χ4n) is 3.12. The largest absolute Gasteiger partial charge is 0.481 e. The highest BCUT2D eigenvalue weighted by Gasteiger charge is 2.31. The summed E-state index contributed by atoms with van der Waals surface area (Å²) in [6, 6.07) is 0.671. The highest BCUT2D eigenvalue weighted by Crippen LogP contribution is 2.26. The molecule has 16 heavy (non-hydrogen) atoms. The Bertz CT molecular complexity index is 234. The van der Waals surface area contributed by atoms with E-state index in [4.69, 9.17) is 5.11 Å². The Kier molecular flexibility index (Phi) is 4.22. The van der Waals surface area contributed by atoms with E-state index in [1.54, 1.807) is 0 Å². The van der Waals surface area contributed by atoms with E-state index in [2.05, 4.69) is 4.90 Å². The minimum absolute atomic E-state index is 0.106. The normalized spacial score (nSPS) is 29.9. The first-order valence-corrected chi connectivity index (χ1v) is 6.74. The smallest absolute Gasteiger partial charge is 0.307 e. The highest BCUT2D eigenvalue weighted by molar-refractivity contribution is 5.70. The van der Waals surface area contributed by atoms with Crippen LogP contribution in [0.5, 0.6) is 0 Å². The van der Waals surface area contributed by atoms with Gasteiger partial charge in [-0.3, -0.25) is 9.69 Å². The first kappa shape index (κ1) is 11.9. The zero-order valence-electron chi connectivity index (χ0n) is 10.0. The summed E-state index contributed by atoms with van der Waals surface area (Å²) in [7, 11) is 0. The number of rotatable bonds is 2. The molecule has 1 unspecified atom stereocenters. The molecule has 0 radical (unpaired) electrons. The molecule has 0 bridgehead atoms. The predicted octanol–water partition coefficient (Wildman–Crippen LogP) is 2.51. The van der Waals surface area contributed by atoms with Crippen LogP contribution in [0.2, 0.25) is 0 Å². The first-order chi connectivity index (χ1) is 7.77. The third-order valence-corrected chi connectivity index (χ3v) is 4.16. The second-order valence-electron chi connectivity index (χ2n) is 5.32. The minimum atomic E-state index is -0.603. The van der Waals surface area contributed by atoms with Crippen molar-refractivity contribution in [1.82, 2.24) is 4.90 Å². The lowest BCUT2D eigenvalue weighted by Gasteiger charge is -2.29. The van der Waals surface area contributed by atoms with Gasteiger partial charge in [-0.1, -0.05) is 32.1 Å². The Morgan fingerprint density at radius 2 is 1.62 bits per heavy atom. The molecule has 92 valence electrons. The van der Waals surface area contributed by atoms with Gasteiger partial charge in [-0.2, -0.15) is 0 Å². The van der Waals surface area contributed by atoms with E-state index in [1.165, 1.54) is 44.9 Å². The van der Waals surface area contributed by atoms with Crippen LogP contribution in [0.25, 0.3) is 0 Å². The summed E-state index contributed by atoms with van der Waals surface area (Å²) in [6.45, 7) is 1.79. The molecule has 0 aromatic carbocycles.